The molecule has 2 aromatic heterocycles. The third kappa shape index (κ3) is 3.91. The molecular formula is C21H25N5O3. The highest BCUT2D eigenvalue weighted by Gasteiger charge is 2.26. The fraction of sp³-hybridized carbons (Fsp3) is 0.333. The molecule has 3 aromatic rings. The molecule has 0 aliphatic heterocycles. The Kier molecular flexibility index (Phi) is 6.11. The van der Waals surface area contributed by atoms with Crippen molar-refractivity contribution in [1.82, 2.24) is 14.8 Å². The van der Waals surface area contributed by atoms with Crippen molar-refractivity contribution in [3.05, 3.63) is 52.4 Å². The first-order chi connectivity index (χ1) is 14.0. The van der Waals surface area contributed by atoms with E-state index in [4.69, 9.17) is 0 Å². The van der Waals surface area contributed by atoms with E-state index in [1.807, 2.05) is 13.0 Å². The third-order valence-corrected chi connectivity index (χ3v) is 4.83. The zero-order chi connectivity index (χ0) is 21.0. The van der Waals surface area contributed by atoms with Crippen molar-refractivity contribution in [3.8, 4) is 5.75 Å². The Labute approximate surface area is 168 Å². The number of pyridine rings is 1. The maximum absolute atomic E-state index is 13.1. The van der Waals surface area contributed by atoms with Crippen LogP contribution in [0.1, 0.15) is 37.0 Å². The predicted molar refractivity (Wildman–Crippen MR) is 114 cm³/mol. The first-order valence-corrected chi connectivity index (χ1v) is 9.68. The minimum atomic E-state index is -0.638. The quantitative estimate of drug-likeness (QED) is 0.597. The largest absolute Gasteiger partial charge is 0.506 e. The number of anilines is 2. The lowest BCUT2D eigenvalue weighted by Gasteiger charge is -2.19. The number of rotatable bonds is 7. The maximum Gasteiger partial charge on any atom is 0.268 e. The van der Waals surface area contributed by atoms with E-state index in [2.05, 4.69) is 22.4 Å². The molecule has 8 heteroatoms. The topological polar surface area (TPSA) is 100 Å². The molecular weight excluding hydrogens is 370 g/mol. The molecule has 0 aliphatic rings. The molecule has 0 saturated carbocycles. The molecule has 29 heavy (non-hydrogen) atoms. The summed E-state index contributed by atoms with van der Waals surface area (Å²) in [5.74, 6) is -0.676. The number of nitrogens with one attached hydrogen (secondary N) is 1. The SMILES string of the molecule is CCCCNc1ccc2c(c1)c(O)c(C(=O)N(C)c1cccnn1)c(=O)n2CC. The smallest absolute Gasteiger partial charge is 0.268 e. The molecule has 0 fully saturated rings. The molecule has 0 bridgehead atoms. The van der Waals surface area contributed by atoms with Crippen LogP contribution in [0.15, 0.2) is 41.3 Å². The Morgan fingerprint density at radius 2 is 2.07 bits per heavy atom. The lowest BCUT2D eigenvalue weighted by atomic mass is 10.1. The molecule has 2 heterocycles. The lowest BCUT2D eigenvalue weighted by molar-refractivity contribution is 0.0987. The van der Waals surface area contributed by atoms with Crippen LogP contribution in [-0.4, -0.2) is 39.4 Å². The molecule has 2 N–H and O–H groups in total. The predicted octanol–water partition coefficient (Wildman–Crippen LogP) is 3.01. The normalized spacial score (nSPS) is 10.9. The van der Waals surface area contributed by atoms with Crippen molar-refractivity contribution in [1.29, 1.82) is 0 Å². The summed E-state index contributed by atoms with van der Waals surface area (Å²) in [7, 11) is 1.49. The van der Waals surface area contributed by atoms with Gasteiger partial charge in [-0.1, -0.05) is 13.3 Å². The second-order valence-electron chi connectivity index (χ2n) is 6.73. The van der Waals surface area contributed by atoms with Gasteiger partial charge in [0, 0.05) is 37.4 Å². The lowest BCUT2D eigenvalue weighted by Crippen LogP contribution is -2.35. The number of hydrogen-bond acceptors (Lipinski definition) is 6. The van der Waals surface area contributed by atoms with E-state index in [1.54, 1.807) is 24.3 Å². The summed E-state index contributed by atoms with van der Waals surface area (Å²) in [4.78, 5) is 27.3. The average Bonchev–Trinajstić information content (AvgIpc) is 2.74. The standard InChI is InChI=1S/C21H25N5O3/c1-4-6-11-22-14-9-10-16-15(13-14)19(27)18(21(29)26(16)5-2)20(28)25(3)17-8-7-12-23-24-17/h7-10,12-13,22,27H,4-6,11H2,1-3H3. The van der Waals surface area contributed by atoms with Gasteiger partial charge in [0.1, 0.15) is 11.3 Å². The van der Waals surface area contributed by atoms with Crippen molar-refractivity contribution >= 4 is 28.3 Å². The van der Waals surface area contributed by atoms with E-state index >= 15 is 0 Å². The second kappa shape index (κ2) is 8.72. The van der Waals surface area contributed by atoms with Crippen LogP contribution in [0.25, 0.3) is 10.9 Å². The minimum Gasteiger partial charge on any atom is -0.506 e. The summed E-state index contributed by atoms with van der Waals surface area (Å²) in [5.41, 5.74) is 0.584. The van der Waals surface area contributed by atoms with Gasteiger partial charge >= 0.3 is 0 Å². The average molecular weight is 395 g/mol. The highest BCUT2D eigenvalue weighted by Crippen LogP contribution is 2.30. The fourth-order valence-electron chi connectivity index (χ4n) is 3.21. The number of carbonyl (C=O) groups is 1. The van der Waals surface area contributed by atoms with E-state index in [1.165, 1.54) is 22.7 Å². The molecule has 0 radical (unpaired) electrons. The van der Waals surface area contributed by atoms with Crippen molar-refractivity contribution in [2.75, 3.05) is 23.8 Å². The summed E-state index contributed by atoms with van der Waals surface area (Å²) in [5, 5.41) is 22.3. The van der Waals surface area contributed by atoms with Gasteiger partial charge < -0.3 is 15.0 Å². The van der Waals surface area contributed by atoms with E-state index in [-0.39, 0.29) is 17.1 Å². The van der Waals surface area contributed by atoms with Crippen molar-refractivity contribution < 1.29 is 9.90 Å². The summed E-state index contributed by atoms with van der Waals surface area (Å²) in [6.07, 6.45) is 3.58. The first kappa shape index (κ1) is 20.3. The van der Waals surface area contributed by atoms with Crippen LogP contribution in [0, 0.1) is 0 Å². The van der Waals surface area contributed by atoms with Gasteiger partial charge in [-0.05, 0) is 43.7 Å². The Morgan fingerprint density at radius 3 is 2.72 bits per heavy atom. The van der Waals surface area contributed by atoms with Crippen LogP contribution in [-0.2, 0) is 6.54 Å². The van der Waals surface area contributed by atoms with E-state index in [9.17, 15) is 14.7 Å². The minimum absolute atomic E-state index is 0.279. The van der Waals surface area contributed by atoms with Gasteiger partial charge in [-0.3, -0.25) is 14.5 Å². The number of amides is 1. The van der Waals surface area contributed by atoms with Gasteiger partial charge in [-0.2, -0.15) is 5.10 Å². The first-order valence-electron chi connectivity index (χ1n) is 9.68. The number of nitrogens with zero attached hydrogens (tertiary/aromatic N) is 4. The molecule has 0 atom stereocenters. The summed E-state index contributed by atoms with van der Waals surface area (Å²) < 4.78 is 1.49. The second-order valence-corrected chi connectivity index (χ2v) is 6.73. The number of fused-ring (bicyclic) bond motifs is 1. The number of unbranched alkanes of at least 4 members (excludes halogenated alkanes) is 1. The monoisotopic (exact) mass is 395 g/mol. The number of aromatic nitrogens is 3. The van der Waals surface area contributed by atoms with Gasteiger partial charge in [-0.25, -0.2) is 0 Å². The van der Waals surface area contributed by atoms with Gasteiger partial charge in [-0.15, -0.1) is 5.10 Å². The number of hydrogen-bond donors (Lipinski definition) is 2. The van der Waals surface area contributed by atoms with Crippen LogP contribution in [0.3, 0.4) is 0 Å². The van der Waals surface area contributed by atoms with Crippen LogP contribution in [0.4, 0.5) is 11.5 Å². The highest BCUT2D eigenvalue weighted by molar-refractivity contribution is 6.10. The molecule has 1 aromatic carbocycles. The van der Waals surface area contributed by atoms with Crippen molar-refractivity contribution in [2.45, 2.75) is 33.2 Å². The third-order valence-electron chi connectivity index (χ3n) is 4.83. The Bertz CT molecular complexity index is 1080. The van der Waals surface area contributed by atoms with Crippen molar-refractivity contribution in [3.63, 3.8) is 0 Å². The zero-order valence-corrected chi connectivity index (χ0v) is 16.8. The van der Waals surface area contributed by atoms with E-state index in [0.717, 1.165) is 25.1 Å². The van der Waals surface area contributed by atoms with Crippen LogP contribution < -0.4 is 15.8 Å². The van der Waals surface area contributed by atoms with Crippen LogP contribution in [0.5, 0.6) is 5.75 Å². The Balaban J connectivity index is 2.13. The van der Waals surface area contributed by atoms with Crippen LogP contribution >= 0.6 is 0 Å². The van der Waals surface area contributed by atoms with Gasteiger partial charge in [0.15, 0.2) is 5.82 Å². The summed E-state index contributed by atoms with van der Waals surface area (Å²) in [6, 6.07) is 8.68. The van der Waals surface area contributed by atoms with Crippen LogP contribution in [0.2, 0.25) is 0 Å². The van der Waals surface area contributed by atoms with E-state index in [0.29, 0.717) is 17.4 Å². The van der Waals surface area contributed by atoms with E-state index < -0.39 is 11.5 Å². The number of aromatic hydroxyl groups is 1. The number of aryl methyl sites for hydroxylation is 1. The zero-order valence-electron chi connectivity index (χ0n) is 16.8. The van der Waals surface area contributed by atoms with Gasteiger partial charge in [0.05, 0.1) is 5.52 Å². The maximum atomic E-state index is 13.1. The Hall–Kier alpha value is -3.42. The molecule has 1 amide bonds. The van der Waals surface area contributed by atoms with Gasteiger partial charge in [0.2, 0.25) is 0 Å². The molecule has 152 valence electrons. The molecule has 0 unspecified atom stereocenters. The van der Waals surface area contributed by atoms with Gasteiger partial charge in [0.25, 0.3) is 11.5 Å². The number of benzene rings is 1. The van der Waals surface area contributed by atoms with Crippen molar-refractivity contribution in [2.24, 2.45) is 0 Å². The summed E-state index contributed by atoms with van der Waals surface area (Å²) in [6.45, 7) is 5.11. The highest BCUT2D eigenvalue weighted by atomic mass is 16.3. The Morgan fingerprint density at radius 1 is 1.28 bits per heavy atom. The molecule has 0 aliphatic carbocycles. The summed E-state index contributed by atoms with van der Waals surface area (Å²) >= 11 is 0. The molecule has 0 saturated heterocycles. The molecule has 3 rings (SSSR count). The molecule has 8 nitrogen and oxygen atoms in total. The number of carbonyl (C=O) groups excluding carboxylic acids is 1. The fourth-order valence-corrected chi connectivity index (χ4v) is 3.21. The molecule has 0 spiro atoms.